The minimum atomic E-state index is -0.448. The van der Waals surface area contributed by atoms with Gasteiger partial charge in [-0.05, 0) is 63.4 Å². The fraction of sp³-hybridized carbons (Fsp3) is 0.391. The van der Waals surface area contributed by atoms with E-state index in [1.54, 1.807) is 18.2 Å². The van der Waals surface area contributed by atoms with Crippen molar-refractivity contribution in [3.05, 3.63) is 46.8 Å². The molecule has 2 amide bonds. The van der Waals surface area contributed by atoms with Crippen LogP contribution in [0.1, 0.15) is 53.5 Å². The van der Waals surface area contributed by atoms with Crippen molar-refractivity contribution in [2.24, 2.45) is 0 Å². The predicted molar refractivity (Wildman–Crippen MR) is 121 cm³/mol. The fourth-order valence-electron chi connectivity index (χ4n) is 3.62. The summed E-state index contributed by atoms with van der Waals surface area (Å²) >= 11 is 0. The number of aromatic nitrogens is 3. The molecule has 3 aromatic rings. The van der Waals surface area contributed by atoms with Gasteiger partial charge in [-0.1, -0.05) is 0 Å². The summed E-state index contributed by atoms with van der Waals surface area (Å²) in [6, 6.07) is 4.98. The first-order chi connectivity index (χ1) is 15.3. The molecule has 32 heavy (non-hydrogen) atoms. The Labute approximate surface area is 187 Å². The lowest BCUT2D eigenvalue weighted by Gasteiger charge is -2.13. The van der Waals surface area contributed by atoms with Crippen molar-refractivity contribution < 1.29 is 19.1 Å². The number of hydrazine groups is 1. The molecule has 2 aromatic heterocycles. The number of nitrogens with one attached hydrogen (secondary N) is 2. The average molecular weight is 440 g/mol. The summed E-state index contributed by atoms with van der Waals surface area (Å²) in [5.41, 5.74) is 9.05. The molecule has 1 aromatic carbocycles. The summed E-state index contributed by atoms with van der Waals surface area (Å²) in [5.74, 6) is 0.205. The number of carbonyl (C=O) groups excluding carboxylic acids is 2. The molecule has 0 radical (unpaired) electrons. The summed E-state index contributed by atoms with van der Waals surface area (Å²) < 4.78 is 12.3. The van der Waals surface area contributed by atoms with Crippen LogP contribution in [0.15, 0.2) is 24.4 Å². The molecule has 0 bridgehead atoms. The molecule has 0 aliphatic carbocycles. The fourth-order valence-corrected chi connectivity index (χ4v) is 3.62. The van der Waals surface area contributed by atoms with Gasteiger partial charge in [-0.25, -0.2) is 9.67 Å². The van der Waals surface area contributed by atoms with E-state index in [4.69, 9.17) is 14.5 Å². The van der Waals surface area contributed by atoms with E-state index < -0.39 is 5.91 Å². The highest BCUT2D eigenvalue weighted by Gasteiger charge is 2.16. The standard InChI is InChI=1S/C23H29N5O4/c1-13(2)28-22-18(12-24-28)14(3)17(15(4)25-22)8-10-21(29)26-27-23(30)16-7-9-19(31-5)20(11-16)32-6/h7,9,11-13H,8,10H2,1-6H3,(H,26,29)(H,27,30). The van der Waals surface area contributed by atoms with Crippen LogP contribution in [0.3, 0.4) is 0 Å². The third kappa shape index (κ3) is 4.66. The molecular weight excluding hydrogens is 410 g/mol. The van der Waals surface area contributed by atoms with Gasteiger partial charge in [0.25, 0.3) is 5.91 Å². The molecule has 2 heterocycles. The zero-order chi connectivity index (χ0) is 23.4. The molecular formula is C23H29N5O4. The molecule has 0 aliphatic rings. The summed E-state index contributed by atoms with van der Waals surface area (Å²) in [7, 11) is 3.01. The quantitative estimate of drug-likeness (QED) is 0.548. The number of hydrogen-bond acceptors (Lipinski definition) is 6. The van der Waals surface area contributed by atoms with E-state index in [0.717, 1.165) is 27.9 Å². The minimum absolute atomic E-state index is 0.208. The average Bonchev–Trinajstić information content (AvgIpc) is 3.20. The van der Waals surface area contributed by atoms with Gasteiger partial charge in [0.05, 0.1) is 20.4 Å². The Morgan fingerprint density at radius 3 is 2.47 bits per heavy atom. The lowest BCUT2D eigenvalue weighted by Crippen LogP contribution is -2.41. The third-order valence-corrected chi connectivity index (χ3v) is 5.39. The Hall–Kier alpha value is -3.62. The van der Waals surface area contributed by atoms with E-state index in [2.05, 4.69) is 29.8 Å². The van der Waals surface area contributed by atoms with Crippen LogP contribution in [0, 0.1) is 13.8 Å². The summed E-state index contributed by atoms with van der Waals surface area (Å²) in [4.78, 5) is 29.4. The second-order valence-electron chi connectivity index (χ2n) is 7.79. The van der Waals surface area contributed by atoms with Gasteiger partial charge < -0.3 is 9.47 Å². The molecule has 0 atom stereocenters. The first-order valence-corrected chi connectivity index (χ1v) is 10.4. The highest BCUT2D eigenvalue weighted by atomic mass is 16.5. The zero-order valence-corrected chi connectivity index (χ0v) is 19.3. The number of aryl methyl sites for hydroxylation is 2. The van der Waals surface area contributed by atoms with Crippen LogP contribution >= 0.6 is 0 Å². The lowest BCUT2D eigenvalue weighted by molar-refractivity contribution is -0.121. The number of rotatable bonds is 7. The number of fused-ring (bicyclic) bond motifs is 1. The Morgan fingerprint density at radius 1 is 1.09 bits per heavy atom. The maximum Gasteiger partial charge on any atom is 0.269 e. The molecule has 2 N–H and O–H groups in total. The molecule has 0 unspecified atom stereocenters. The van der Waals surface area contributed by atoms with Gasteiger partial charge >= 0.3 is 0 Å². The largest absolute Gasteiger partial charge is 0.493 e. The van der Waals surface area contributed by atoms with Crippen LogP contribution in [-0.2, 0) is 11.2 Å². The van der Waals surface area contributed by atoms with Crippen molar-refractivity contribution in [3.8, 4) is 11.5 Å². The van der Waals surface area contributed by atoms with Gasteiger partial charge in [-0.2, -0.15) is 5.10 Å². The molecule has 3 rings (SSSR count). The number of pyridine rings is 1. The van der Waals surface area contributed by atoms with E-state index >= 15 is 0 Å². The number of amides is 2. The molecule has 0 aliphatic heterocycles. The number of ether oxygens (including phenoxy) is 2. The number of hydrogen-bond donors (Lipinski definition) is 2. The minimum Gasteiger partial charge on any atom is -0.493 e. The summed E-state index contributed by atoms with van der Waals surface area (Å²) in [5, 5.41) is 5.43. The second-order valence-corrected chi connectivity index (χ2v) is 7.79. The van der Waals surface area contributed by atoms with Crippen LogP contribution in [-0.4, -0.2) is 40.8 Å². The topological polar surface area (TPSA) is 107 Å². The van der Waals surface area contributed by atoms with Gasteiger partial charge in [0.1, 0.15) is 0 Å². The van der Waals surface area contributed by atoms with Gasteiger partial charge in [-0.3, -0.25) is 20.4 Å². The van der Waals surface area contributed by atoms with Crippen LogP contribution < -0.4 is 20.3 Å². The Balaban J connectivity index is 1.63. The Morgan fingerprint density at radius 2 is 1.81 bits per heavy atom. The number of methoxy groups -OCH3 is 2. The Kier molecular flexibility index (Phi) is 6.97. The maximum absolute atomic E-state index is 12.4. The SMILES string of the molecule is COc1ccc(C(=O)NNC(=O)CCc2c(C)nc3c(cnn3C(C)C)c2C)cc1OC. The molecule has 170 valence electrons. The lowest BCUT2D eigenvalue weighted by atomic mass is 10.0. The molecule has 9 nitrogen and oxygen atoms in total. The number of nitrogens with zero attached hydrogens (tertiary/aromatic N) is 3. The number of carbonyl (C=O) groups is 2. The van der Waals surface area contributed by atoms with E-state index in [-0.39, 0.29) is 18.4 Å². The van der Waals surface area contributed by atoms with Gasteiger partial charge in [-0.15, -0.1) is 0 Å². The number of benzene rings is 1. The van der Waals surface area contributed by atoms with Gasteiger partial charge in [0.15, 0.2) is 17.1 Å². The first-order valence-electron chi connectivity index (χ1n) is 10.4. The molecule has 0 saturated heterocycles. The van der Waals surface area contributed by atoms with Crippen LogP contribution in [0.2, 0.25) is 0 Å². The Bertz CT molecular complexity index is 1150. The first kappa shape index (κ1) is 23.1. The second kappa shape index (κ2) is 9.67. The zero-order valence-electron chi connectivity index (χ0n) is 19.3. The monoisotopic (exact) mass is 439 g/mol. The molecule has 9 heteroatoms. The van der Waals surface area contributed by atoms with Crippen molar-refractivity contribution in [3.63, 3.8) is 0 Å². The van der Waals surface area contributed by atoms with Crippen molar-refractivity contribution in [1.82, 2.24) is 25.6 Å². The van der Waals surface area contributed by atoms with Crippen molar-refractivity contribution in [2.75, 3.05) is 14.2 Å². The van der Waals surface area contributed by atoms with Crippen LogP contribution in [0.25, 0.3) is 11.0 Å². The maximum atomic E-state index is 12.4. The summed E-state index contributed by atoms with van der Waals surface area (Å²) in [6.07, 6.45) is 2.54. The molecule has 0 saturated carbocycles. The highest BCUT2D eigenvalue weighted by molar-refractivity contribution is 5.96. The van der Waals surface area contributed by atoms with Gasteiger partial charge in [0, 0.05) is 29.1 Å². The van der Waals surface area contributed by atoms with E-state index in [1.165, 1.54) is 14.2 Å². The smallest absolute Gasteiger partial charge is 0.269 e. The van der Waals surface area contributed by atoms with Gasteiger partial charge in [0.2, 0.25) is 5.91 Å². The van der Waals surface area contributed by atoms with Crippen LogP contribution in [0.4, 0.5) is 0 Å². The summed E-state index contributed by atoms with van der Waals surface area (Å²) in [6.45, 7) is 8.09. The van der Waals surface area contributed by atoms with Crippen molar-refractivity contribution in [1.29, 1.82) is 0 Å². The van der Waals surface area contributed by atoms with E-state index in [0.29, 0.717) is 23.5 Å². The predicted octanol–water partition coefficient (Wildman–Crippen LogP) is 3.04. The van der Waals surface area contributed by atoms with E-state index in [9.17, 15) is 9.59 Å². The van der Waals surface area contributed by atoms with Crippen molar-refractivity contribution >= 4 is 22.8 Å². The third-order valence-electron chi connectivity index (χ3n) is 5.39. The van der Waals surface area contributed by atoms with Crippen LogP contribution in [0.5, 0.6) is 11.5 Å². The normalized spacial score (nSPS) is 11.0. The van der Waals surface area contributed by atoms with Crippen molar-refractivity contribution in [2.45, 2.75) is 46.6 Å². The molecule has 0 spiro atoms. The molecule has 0 fully saturated rings. The van der Waals surface area contributed by atoms with E-state index in [1.807, 2.05) is 24.7 Å². The highest BCUT2D eigenvalue weighted by Crippen LogP contribution is 2.27.